The zero-order valence-corrected chi connectivity index (χ0v) is 8.70. The Hall–Kier alpha value is 0.487. The van der Waals surface area contributed by atoms with E-state index in [4.69, 9.17) is 9.53 Å². The van der Waals surface area contributed by atoms with E-state index in [1.165, 1.54) is 0 Å². The second kappa shape index (κ2) is 5.18. The van der Waals surface area contributed by atoms with Gasteiger partial charge in [-0.3, -0.25) is 0 Å². The first kappa shape index (κ1) is 10.5. The molecule has 0 atom stereocenters. The third-order valence-electron chi connectivity index (χ3n) is 1.24. The van der Waals surface area contributed by atoms with Gasteiger partial charge in [0.1, 0.15) is 0 Å². The molecule has 0 saturated carbocycles. The van der Waals surface area contributed by atoms with Gasteiger partial charge < -0.3 is 9.53 Å². The number of hydrogen-bond donors (Lipinski definition) is 1. The van der Waals surface area contributed by atoms with Crippen LogP contribution in [-0.4, -0.2) is 38.3 Å². The molecule has 0 bridgehead atoms. The van der Waals surface area contributed by atoms with Gasteiger partial charge in [-0.2, -0.15) is 11.8 Å². The minimum absolute atomic E-state index is 0.277. The van der Waals surface area contributed by atoms with Gasteiger partial charge in [-0.15, -0.1) is 0 Å². The Morgan fingerprint density at radius 2 is 2.10 bits per heavy atom. The summed E-state index contributed by atoms with van der Waals surface area (Å²) in [6.07, 6.45) is 0. The van der Waals surface area contributed by atoms with Crippen molar-refractivity contribution in [2.75, 3.05) is 24.8 Å². The highest BCUT2D eigenvalue weighted by Gasteiger charge is 2.19. The van der Waals surface area contributed by atoms with Gasteiger partial charge in [0.25, 0.3) is 0 Å². The van der Waals surface area contributed by atoms with E-state index in [1.54, 1.807) is 18.9 Å². The Balaban J connectivity index is 3.28. The first-order chi connectivity index (χ1) is 4.62. The summed E-state index contributed by atoms with van der Waals surface area (Å²) in [5, 5.41) is 9.56. The minimum Gasteiger partial charge on any atom is -0.420 e. The molecule has 0 aromatic carbocycles. The standard InChI is InChI=1S/C6H16O2SSi/c1-8-10(2,3)6-9-5-4-7/h7H,4-6H2,1-3H3. The smallest absolute Gasteiger partial charge is 0.195 e. The van der Waals surface area contributed by atoms with E-state index in [9.17, 15) is 0 Å². The third-order valence-corrected chi connectivity index (χ3v) is 6.41. The number of rotatable bonds is 5. The van der Waals surface area contributed by atoms with Crippen molar-refractivity contribution in [2.24, 2.45) is 0 Å². The van der Waals surface area contributed by atoms with Crippen molar-refractivity contribution < 1.29 is 9.53 Å². The van der Waals surface area contributed by atoms with Gasteiger partial charge in [-0.05, 0) is 13.1 Å². The molecule has 0 radical (unpaired) electrons. The summed E-state index contributed by atoms with van der Waals surface area (Å²) in [4.78, 5) is 0. The zero-order valence-electron chi connectivity index (χ0n) is 6.89. The first-order valence-corrected chi connectivity index (χ1v) is 7.63. The lowest BCUT2D eigenvalue weighted by atomic mass is 10.9. The molecule has 0 aliphatic heterocycles. The van der Waals surface area contributed by atoms with E-state index in [1.807, 2.05) is 0 Å². The molecule has 0 amide bonds. The lowest BCUT2D eigenvalue weighted by molar-refractivity contribution is 0.322. The maximum atomic E-state index is 8.49. The Labute approximate surface area is 68.1 Å². The number of aliphatic hydroxyl groups is 1. The molecule has 0 aliphatic rings. The average Bonchev–Trinajstić information content (AvgIpc) is 1.89. The predicted octanol–water partition coefficient (Wildman–Crippen LogP) is 1.10. The highest BCUT2D eigenvalue weighted by Crippen LogP contribution is 2.11. The molecule has 0 fully saturated rings. The van der Waals surface area contributed by atoms with Gasteiger partial charge >= 0.3 is 0 Å². The van der Waals surface area contributed by atoms with Crippen LogP contribution in [0, 0.1) is 0 Å². The third kappa shape index (κ3) is 5.29. The van der Waals surface area contributed by atoms with E-state index in [-0.39, 0.29) is 6.61 Å². The molecule has 4 heteroatoms. The van der Waals surface area contributed by atoms with Crippen LogP contribution in [0.4, 0.5) is 0 Å². The van der Waals surface area contributed by atoms with E-state index in [0.29, 0.717) is 0 Å². The fraction of sp³-hybridized carbons (Fsp3) is 1.00. The lowest BCUT2D eigenvalue weighted by Crippen LogP contribution is -2.32. The highest BCUT2D eigenvalue weighted by molar-refractivity contribution is 8.00. The molecule has 0 spiro atoms. The number of aliphatic hydroxyl groups excluding tert-OH is 1. The molecule has 10 heavy (non-hydrogen) atoms. The van der Waals surface area contributed by atoms with Crippen LogP contribution in [0.1, 0.15) is 0 Å². The summed E-state index contributed by atoms with van der Waals surface area (Å²) in [6, 6.07) is 0. The van der Waals surface area contributed by atoms with E-state index in [0.717, 1.165) is 11.1 Å². The van der Waals surface area contributed by atoms with Gasteiger partial charge in [0.15, 0.2) is 8.32 Å². The molecule has 0 aromatic heterocycles. The molecule has 0 unspecified atom stereocenters. The number of thioether (sulfide) groups is 1. The van der Waals surface area contributed by atoms with Crippen LogP contribution in [0.5, 0.6) is 0 Å². The van der Waals surface area contributed by atoms with Gasteiger partial charge in [0, 0.05) is 18.2 Å². The van der Waals surface area contributed by atoms with Crippen molar-refractivity contribution in [2.45, 2.75) is 13.1 Å². The van der Waals surface area contributed by atoms with Gasteiger partial charge in [0.05, 0.1) is 6.61 Å². The largest absolute Gasteiger partial charge is 0.420 e. The molecule has 0 saturated heterocycles. The summed E-state index contributed by atoms with van der Waals surface area (Å²) in [7, 11) is 0.407. The van der Waals surface area contributed by atoms with Crippen LogP contribution in [-0.2, 0) is 4.43 Å². The molecule has 1 N–H and O–H groups in total. The summed E-state index contributed by atoms with van der Waals surface area (Å²) < 4.78 is 5.32. The van der Waals surface area contributed by atoms with Crippen molar-refractivity contribution in [3.05, 3.63) is 0 Å². The van der Waals surface area contributed by atoms with Crippen molar-refractivity contribution in [1.29, 1.82) is 0 Å². The van der Waals surface area contributed by atoms with Crippen LogP contribution in [0.15, 0.2) is 0 Å². The van der Waals surface area contributed by atoms with Crippen LogP contribution in [0.3, 0.4) is 0 Å². The SMILES string of the molecule is CO[Si](C)(C)CSCCO. The maximum absolute atomic E-state index is 8.49. The predicted molar refractivity (Wildman–Crippen MR) is 48.9 cm³/mol. The van der Waals surface area contributed by atoms with Gasteiger partial charge in [0.2, 0.25) is 0 Å². The van der Waals surface area contributed by atoms with Crippen LogP contribution in [0.2, 0.25) is 13.1 Å². The van der Waals surface area contributed by atoms with Crippen molar-refractivity contribution in [3.63, 3.8) is 0 Å². The highest BCUT2D eigenvalue weighted by atomic mass is 32.2. The Bertz CT molecular complexity index is 87.8. The minimum atomic E-state index is -1.36. The average molecular weight is 180 g/mol. The van der Waals surface area contributed by atoms with Crippen LogP contribution < -0.4 is 0 Å². The molecule has 0 rings (SSSR count). The van der Waals surface area contributed by atoms with E-state index in [2.05, 4.69) is 13.1 Å². The van der Waals surface area contributed by atoms with Crippen LogP contribution >= 0.6 is 11.8 Å². The molecule has 0 heterocycles. The number of hydrogen-bond acceptors (Lipinski definition) is 3. The van der Waals surface area contributed by atoms with E-state index >= 15 is 0 Å². The first-order valence-electron chi connectivity index (χ1n) is 3.36. The molecule has 62 valence electrons. The Morgan fingerprint density at radius 3 is 2.50 bits per heavy atom. The second-order valence-corrected chi connectivity index (χ2v) is 8.64. The Morgan fingerprint density at radius 1 is 1.50 bits per heavy atom. The summed E-state index contributed by atoms with van der Waals surface area (Å²) in [6.45, 7) is 4.63. The fourth-order valence-corrected chi connectivity index (χ4v) is 3.59. The van der Waals surface area contributed by atoms with Gasteiger partial charge in [-0.1, -0.05) is 0 Å². The van der Waals surface area contributed by atoms with Crippen molar-refractivity contribution >= 4 is 20.1 Å². The Kier molecular flexibility index (Phi) is 5.43. The normalized spacial score (nSPS) is 12.0. The monoisotopic (exact) mass is 180 g/mol. The molecular weight excluding hydrogens is 164 g/mol. The fourth-order valence-electron chi connectivity index (χ4n) is 0.441. The zero-order chi connectivity index (χ0) is 8.04. The van der Waals surface area contributed by atoms with Gasteiger partial charge in [-0.25, -0.2) is 0 Å². The molecular formula is C6H16O2SSi. The van der Waals surface area contributed by atoms with Crippen molar-refractivity contribution in [3.8, 4) is 0 Å². The summed E-state index contributed by atoms with van der Waals surface area (Å²) in [5.41, 5.74) is 0. The summed E-state index contributed by atoms with van der Waals surface area (Å²) in [5.74, 6) is 0.833. The summed E-state index contributed by atoms with van der Waals surface area (Å²) >= 11 is 1.77. The maximum Gasteiger partial charge on any atom is 0.195 e. The van der Waals surface area contributed by atoms with Crippen molar-refractivity contribution in [1.82, 2.24) is 0 Å². The lowest BCUT2D eigenvalue weighted by Gasteiger charge is -2.18. The molecule has 2 nitrogen and oxygen atoms in total. The molecule has 0 aliphatic carbocycles. The quantitative estimate of drug-likeness (QED) is 0.507. The van der Waals surface area contributed by atoms with Crippen LogP contribution in [0.25, 0.3) is 0 Å². The van der Waals surface area contributed by atoms with E-state index < -0.39 is 8.32 Å². The topological polar surface area (TPSA) is 29.5 Å². The molecule has 0 aromatic rings. The second-order valence-electron chi connectivity index (χ2n) is 2.74.